The van der Waals surface area contributed by atoms with Crippen molar-refractivity contribution in [2.45, 2.75) is 33.7 Å². The largest absolute Gasteiger partial charge is 0.333 e. The molecule has 0 spiro atoms. The summed E-state index contributed by atoms with van der Waals surface area (Å²) in [5.74, 6) is -0.270. The fourth-order valence-corrected chi connectivity index (χ4v) is 2.59. The third-order valence-corrected chi connectivity index (χ3v) is 3.68. The summed E-state index contributed by atoms with van der Waals surface area (Å²) in [6, 6.07) is 1.75. The van der Waals surface area contributed by atoms with E-state index < -0.39 is 6.55 Å². The van der Waals surface area contributed by atoms with Crippen molar-refractivity contribution in [3.8, 4) is 0 Å². The van der Waals surface area contributed by atoms with Crippen LogP contribution in [0.15, 0.2) is 6.07 Å². The van der Waals surface area contributed by atoms with Crippen LogP contribution in [-0.4, -0.2) is 20.1 Å². The molecule has 1 N–H and O–H groups in total. The minimum atomic E-state index is -2.70. The van der Waals surface area contributed by atoms with Gasteiger partial charge in [-0.15, -0.1) is 0 Å². The Balaban J connectivity index is 2.12. The number of hydrogen-bond acceptors (Lipinski definition) is 4. The highest BCUT2D eigenvalue weighted by Crippen LogP contribution is 2.21. The van der Waals surface area contributed by atoms with Crippen LogP contribution in [0.25, 0.3) is 0 Å². The molecule has 1 amide bonds. The number of hydrogen-bond donors (Lipinski definition) is 1. The third-order valence-electron chi connectivity index (χ3n) is 2.89. The Hall–Kier alpha value is -1.83. The van der Waals surface area contributed by atoms with Gasteiger partial charge in [0, 0.05) is 11.3 Å². The summed E-state index contributed by atoms with van der Waals surface area (Å²) in [6.07, 6.45) is 0.0152. The summed E-state index contributed by atoms with van der Waals surface area (Å²) in [5, 5.41) is 7.09. The van der Waals surface area contributed by atoms with Gasteiger partial charge in [0.2, 0.25) is 5.91 Å². The van der Waals surface area contributed by atoms with E-state index in [1.54, 1.807) is 13.0 Å². The lowest BCUT2D eigenvalue weighted by Crippen LogP contribution is -2.14. The van der Waals surface area contributed by atoms with Crippen LogP contribution in [0.1, 0.15) is 29.2 Å². The molecule has 0 saturated heterocycles. The van der Waals surface area contributed by atoms with Gasteiger partial charge in [-0.1, -0.05) is 0 Å². The molecule has 2 heterocycles. The highest BCUT2D eigenvalue weighted by atomic mass is 32.1. The molecule has 0 bridgehead atoms. The van der Waals surface area contributed by atoms with E-state index in [-0.39, 0.29) is 12.3 Å². The summed E-state index contributed by atoms with van der Waals surface area (Å²) in [7, 11) is 0. The standard InChI is InChI=1S/C12H14F2N4OS/c1-6-4-11(20-17-6)15-10(19)5-9-7(2)16-18(8(9)3)12(13)14/h4,12H,5H2,1-3H3,(H,15,19). The summed E-state index contributed by atoms with van der Waals surface area (Å²) in [4.78, 5) is 11.9. The summed E-state index contributed by atoms with van der Waals surface area (Å²) < 4.78 is 30.1. The molecule has 5 nitrogen and oxygen atoms in total. The average Bonchev–Trinajstić information content (AvgIpc) is 2.87. The van der Waals surface area contributed by atoms with Crippen molar-refractivity contribution in [2.24, 2.45) is 0 Å². The Morgan fingerprint density at radius 3 is 2.65 bits per heavy atom. The van der Waals surface area contributed by atoms with Crippen molar-refractivity contribution < 1.29 is 13.6 Å². The highest BCUT2D eigenvalue weighted by molar-refractivity contribution is 7.10. The van der Waals surface area contributed by atoms with Gasteiger partial charge in [-0.25, -0.2) is 4.68 Å². The molecule has 2 aromatic rings. The molecule has 2 aromatic heterocycles. The van der Waals surface area contributed by atoms with Crippen molar-refractivity contribution >= 4 is 22.4 Å². The number of nitrogens with one attached hydrogen (secondary N) is 1. The number of rotatable bonds is 4. The van der Waals surface area contributed by atoms with Crippen molar-refractivity contribution in [2.75, 3.05) is 5.32 Å². The van der Waals surface area contributed by atoms with Crippen LogP contribution in [0.2, 0.25) is 0 Å². The van der Waals surface area contributed by atoms with Gasteiger partial charge < -0.3 is 5.32 Å². The van der Waals surface area contributed by atoms with Crippen LogP contribution in [0.3, 0.4) is 0 Å². The van der Waals surface area contributed by atoms with E-state index in [1.165, 1.54) is 18.5 Å². The number of halogens is 2. The molecule has 2 rings (SSSR count). The van der Waals surface area contributed by atoms with E-state index in [1.807, 2.05) is 6.92 Å². The maximum Gasteiger partial charge on any atom is 0.333 e. The Kier molecular flexibility index (Phi) is 4.12. The fourth-order valence-electron chi connectivity index (χ4n) is 1.91. The summed E-state index contributed by atoms with van der Waals surface area (Å²) in [6.45, 7) is 2.28. The lowest BCUT2D eigenvalue weighted by molar-refractivity contribution is -0.115. The zero-order valence-corrected chi connectivity index (χ0v) is 12.1. The van der Waals surface area contributed by atoms with Gasteiger partial charge in [-0.3, -0.25) is 4.79 Å². The van der Waals surface area contributed by atoms with Gasteiger partial charge in [0.05, 0.1) is 17.8 Å². The van der Waals surface area contributed by atoms with Crippen LogP contribution < -0.4 is 5.32 Å². The zero-order chi connectivity index (χ0) is 14.9. The molecular weight excluding hydrogens is 286 g/mol. The van der Waals surface area contributed by atoms with E-state index in [9.17, 15) is 13.6 Å². The Bertz CT molecular complexity index is 635. The van der Waals surface area contributed by atoms with Gasteiger partial charge in [0.1, 0.15) is 5.00 Å². The first kappa shape index (κ1) is 14.6. The number of aromatic nitrogens is 3. The van der Waals surface area contributed by atoms with Crippen LogP contribution in [0, 0.1) is 20.8 Å². The van der Waals surface area contributed by atoms with Gasteiger partial charge in [-0.2, -0.15) is 18.3 Å². The maximum atomic E-state index is 12.7. The first-order chi connectivity index (χ1) is 9.38. The zero-order valence-electron chi connectivity index (χ0n) is 11.3. The van der Waals surface area contributed by atoms with Gasteiger partial charge in [0.25, 0.3) is 0 Å². The normalized spacial score (nSPS) is 11.1. The van der Waals surface area contributed by atoms with E-state index in [0.717, 1.165) is 5.69 Å². The summed E-state index contributed by atoms with van der Waals surface area (Å²) >= 11 is 1.18. The minimum Gasteiger partial charge on any atom is -0.316 e. The smallest absolute Gasteiger partial charge is 0.316 e. The number of carbonyl (C=O) groups excluding carboxylic acids is 1. The number of aryl methyl sites for hydroxylation is 2. The van der Waals surface area contributed by atoms with Crippen molar-refractivity contribution in [1.82, 2.24) is 14.2 Å². The second-order valence-corrected chi connectivity index (χ2v) is 5.23. The lowest BCUT2D eigenvalue weighted by atomic mass is 10.1. The van der Waals surface area contributed by atoms with Crippen LogP contribution in [0.4, 0.5) is 13.8 Å². The van der Waals surface area contributed by atoms with Crippen LogP contribution >= 0.6 is 11.5 Å². The molecule has 8 heteroatoms. The monoisotopic (exact) mass is 300 g/mol. The first-order valence-electron chi connectivity index (χ1n) is 5.94. The molecule has 0 radical (unpaired) electrons. The number of amides is 1. The van der Waals surface area contributed by atoms with Gasteiger partial charge in [-0.05, 0) is 38.4 Å². The maximum absolute atomic E-state index is 12.7. The van der Waals surface area contributed by atoms with Crippen LogP contribution in [-0.2, 0) is 11.2 Å². The molecule has 0 unspecified atom stereocenters. The molecule has 0 aliphatic carbocycles. The van der Waals surface area contributed by atoms with E-state index >= 15 is 0 Å². The Morgan fingerprint density at radius 1 is 1.45 bits per heavy atom. The second-order valence-electron chi connectivity index (χ2n) is 4.43. The van der Waals surface area contributed by atoms with Gasteiger partial charge in [0.15, 0.2) is 0 Å². The number of carbonyl (C=O) groups is 1. The molecule has 0 saturated carbocycles. The molecular formula is C12H14F2N4OS. The quantitative estimate of drug-likeness (QED) is 0.944. The second kappa shape index (κ2) is 5.66. The molecule has 20 heavy (non-hydrogen) atoms. The van der Waals surface area contributed by atoms with Crippen molar-refractivity contribution in [1.29, 1.82) is 0 Å². The Morgan fingerprint density at radius 2 is 2.15 bits per heavy atom. The van der Waals surface area contributed by atoms with E-state index in [4.69, 9.17) is 0 Å². The van der Waals surface area contributed by atoms with Crippen LogP contribution in [0.5, 0.6) is 0 Å². The molecule has 0 aromatic carbocycles. The summed E-state index contributed by atoms with van der Waals surface area (Å²) in [5.41, 5.74) is 2.11. The molecule has 0 aliphatic heterocycles. The third kappa shape index (κ3) is 3.01. The first-order valence-corrected chi connectivity index (χ1v) is 6.71. The molecule has 0 aliphatic rings. The predicted octanol–water partition coefficient (Wildman–Crippen LogP) is 2.84. The Labute approximate surface area is 118 Å². The molecule has 0 fully saturated rings. The molecule has 0 atom stereocenters. The van der Waals surface area contributed by atoms with Crippen molar-refractivity contribution in [3.05, 3.63) is 28.7 Å². The highest BCUT2D eigenvalue weighted by Gasteiger charge is 2.19. The average molecular weight is 300 g/mol. The number of alkyl halides is 2. The lowest BCUT2D eigenvalue weighted by Gasteiger charge is -2.04. The van der Waals surface area contributed by atoms with E-state index in [0.29, 0.717) is 26.6 Å². The predicted molar refractivity (Wildman–Crippen MR) is 72.1 cm³/mol. The molecule has 108 valence electrons. The topological polar surface area (TPSA) is 59.8 Å². The number of anilines is 1. The van der Waals surface area contributed by atoms with Crippen molar-refractivity contribution in [3.63, 3.8) is 0 Å². The minimum absolute atomic E-state index is 0.0152. The fraction of sp³-hybridized carbons (Fsp3) is 0.417. The van der Waals surface area contributed by atoms with E-state index in [2.05, 4.69) is 14.8 Å². The van der Waals surface area contributed by atoms with Gasteiger partial charge >= 0.3 is 6.55 Å². The number of nitrogens with zero attached hydrogens (tertiary/aromatic N) is 3. The SMILES string of the molecule is Cc1cc(NC(=O)Cc2c(C)nn(C(F)F)c2C)sn1.